The van der Waals surface area contributed by atoms with Crippen LogP contribution in [0, 0.1) is 0 Å². The maximum atomic E-state index is 5.40. The Morgan fingerprint density at radius 3 is 2.71 bits per heavy atom. The van der Waals surface area contributed by atoms with Gasteiger partial charge < -0.3 is 15.2 Å². The fourth-order valence-corrected chi connectivity index (χ4v) is 3.24. The van der Waals surface area contributed by atoms with E-state index < -0.39 is 0 Å². The lowest BCUT2D eigenvalue weighted by molar-refractivity contribution is 0.380. The Bertz CT molecular complexity index is 603. The summed E-state index contributed by atoms with van der Waals surface area (Å²) in [6.45, 7) is 7.93. The number of hydrogen-bond acceptors (Lipinski definition) is 4. The van der Waals surface area contributed by atoms with Gasteiger partial charge in [0.15, 0.2) is 5.96 Å². The second-order valence-electron chi connectivity index (χ2n) is 5.46. The number of halogens is 1. The van der Waals surface area contributed by atoms with Crippen molar-refractivity contribution in [1.29, 1.82) is 0 Å². The normalized spacial score (nSPS) is 12.6. The molecule has 2 aromatic rings. The van der Waals surface area contributed by atoms with Gasteiger partial charge in [0.1, 0.15) is 5.76 Å². The minimum atomic E-state index is 0. The zero-order valence-corrected chi connectivity index (χ0v) is 17.9. The van der Waals surface area contributed by atoms with Crippen LogP contribution < -0.4 is 10.6 Å². The summed E-state index contributed by atoms with van der Waals surface area (Å²) in [7, 11) is 1.79. The second kappa shape index (κ2) is 10.7. The van der Waals surface area contributed by atoms with Gasteiger partial charge in [-0.05, 0) is 17.9 Å². The van der Waals surface area contributed by atoms with Crippen molar-refractivity contribution in [2.24, 2.45) is 4.99 Å². The average Bonchev–Trinajstić information content (AvgIpc) is 3.23. The zero-order valence-electron chi connectivity index (χ0n) is 14.8. The van der Waals surface area contributed by atoms with E-state index in [0.717, 1.165) is 42.4 Å². The number of aromatic nitrogens is 1. The largest absolute Gasteiger partial charge is 0.361 e. The smallest absolute Gasteiger partial charge is 0.191 e. The van der Waals surface area contributed by atoms with Crippen LogP contribution in [0.5, 0.6) is 0 Å². The SMILES string of the molecule is CCc1noc(CC)c1CNC(=NC)NCC(C)c1cccs1.I. The van der Waals surface area contributed by atoms with Gasteiger partial charge in [0.2, 0.25) is 0 Å². The molecule has 2 aromatic heterocycles. The third-order valence-electron chi connectivity index (χ3n) is 3.87. The molecule has 0 fully saturated rings. The fourth-order valence-electron chi connectivity index (χ4n) is 2.45. The molecule has 0 aliphatic heterocycles. The molecule has 2 rings (SSSR count). The first-order valence-electron chi connectivity index (χ1n) is 8.13. The average molecular weight is 462 g/mol. The molecule has 1 atom stereocenters. The Balaban J connectivity index is 0.00000288. The Morgan fingerprint density at radius 2 is 2.12 bits per heavy atom. The lowest BCUT2D eigenvalue weighted by Gasteiger charge is -2.15. The quantitative estimate of drug-likeness (QED) is 0.372. The zero-order chi connectivity index (χ0) is 16.7. The molecule has 0 amide bonds. The number of thiophene rings is 1. The van der Waals surface area contributed by atoms with Gasteiger partial charge in [0.05, 0.1) is 5.69 Å². The predicted molar refractivity (Wildman–Crippen MR) is 112 cm³/mol. The molecule has 5 nitrogen and oxygen atoms in total. The van der Waals surface area contributed by atoms with Gasteiger partial charge in [0.25, 0.3) is 0 Å². The molecule has 0 aliphatic carbocycles. The third-order valence-corrected chi connectivity index (χ3v) is 4.97. The molecule has 134 valence electrons. The molecule has 0 radical (unpaired) electrons. The lowest BCUT2D eigenvalue weighted by atomic mass is 10.1. The van der Waals surface area contributed by atoms with Crippen LogP contribution in [0.3, 0.4) is 0 Å². The van der Waals surface area contributed by atoms with Gasteiger partial charge in [0, 0.05) is 42.9 Å². The number of rotatable bonds is 7. The van der Waals surface area contributed by atoms with Gasteiger partial charge in [-0.15, -0.1) is 35.3 Å². The molecular weight excluding hydrogens is 435 g/mol. The molecule has 1 unspecified atom stereocenters. The summed E-state index contributed by atoms with van der Waals surface area (Å²) in [5.74, 6) is 2.22. The van der Waals surface area contributed by atoms with Crippen molar-refractivity contribution in [3.8, 4) is 0 Å². The summed E-state index contributed by atoms with van der Waals surface area (Å²) in [5.41, 5.74) is 2.18. The number of nitrogens with zero attached hydrogens (tertiary/aromatic N) is 2. The molecule has 2 heterocycles. The van der Waals surface area contributed by atoms with Crippen molar-refractivity contribution >= 4 is 41.3 Å². The lowest BCUT2D eigenvalue weighted by Crippen LogP contribution is -2.38. The van der Waals surface area contributed by atoms with Crippen molar-refractivity contribution in [1.82, 2.24) is 15.8 Å². The highest BCUT2D eigenvalue weighted by Crippen LogP contribution is 2.19. The number of hydrogen-bond donors (Lipinski definition) is 2. The van der Waals surface area contributed by atoms with Crippen molar-refractivity contribution in [3.05, 3.63) is 39.4 Å². The highest BCUT2D eigenvalue weighted by molar-refractivity contribution is 14.0. The van der Waals surface area contributed by atoms with E-state index in [-0.39, 0.29) is 24.0 Å². The minimum absolute atomic E-state index is 0. The van der Waals surface area contributed by atoms with E-state index >= 15 is 0 Å². The predicted octanol–water partition coefficient (Wildman–Crippen LogP) is 3.95. The van der Waals surface area contributed by atoms with Gasteiger partial charge in [-0.25, -0.2) is 0 Å². The Morgan fingerprint density at radius 1 is 1.33 bits per heavy atom. The van der Waals surface area contributed by atoms with Gasteiger partial charge >= 0.3 is 0 Å². The molecular formula is C17H27IN4OS. The van der Waals surface area contributed by atoms with E-state index in [0.29, 0.717) is 12.5 Å². The minimum Gasteiger partial charge on any atom is -0.361 e. The summed E-state index contributed by atoms with van der Waals surface area (Å²) in [6.07, 6.45) is 1.73. The van der Waals surface area contributed by atoms with Gasteiger partial charge in [-0.2, -0.15) is 0 Å². The Kier molecular flexibility index (Phi) is 9.35. The van der Waals surface area contributed by atoms with Crippen molar-refractivity contribution in [2.45, 2.75) is 46.1 Å². The van der Waals surface area contributed by atoms with Crippen LogP contribution in [0.25, 0.3) is 0 Å². The molecule has 0 aromatic carbocycles. The van der Waals surface area contributed by atoms with Crippen molar-refractivity contribution in [3.63, 3.8) is 0 Å². The van der Waals surface area contributed by atoms with Crippen molar-refractivity contribution in [2.75, 3.05) is 13.6 Å². The number of aryl methyl sites for hydroxylation is 2. The molecule has 2 N–H and O–H groups in total. The number of nitrogens with one attached hydrogen (secondary N) is 2. The number of aliphatic imine (C=N–C) groups is 1. The second-order valence-corrected chi connectivity index (χ2v) is 6.44. The summed E-state index contributed by atoms with van der Waals surface area (Å²) in [5, 5.41) is 13.0. The van der Waals surface area contributed by atoms with E-state index in [9.17, 15) is 0 Å². The summed E-state index contributed by atoms with van der Waals surface area (Å²) >= 11 is 1.79. The van der Waals surface area contributed by atoms with Crippen molar-refractivity contribution < 1.29 is 4.52 Å². The number of guanidine groups is 1. The maximum Gasteiger partial charge on any atom is 0.191 e. The molecule has 0 saturated heterocycles. The summed E-state index contributed by atoms with van der Waals surface area (Å²) in [6, 6.07) is 4.26. The fraction of sp³-hybridized carbons (Fsp3) is 0.529. The van der Waals surface area contributed by atoms with Crippen LogP contribution in [-0.2, 0) is 19.4 Å². The van der Waals surface area contributed by atoms with Gasteiger partial charge in [-0.1, -0.05) is 32.0 Å². The standard InChI is InChI=1S/C17H26N4OS.HI/c1-5-14-13(15(6-2)22-21-14)11-20-17(18-4)19-10-12(3)16-8-7-9-23-16;/h7-9,12H,5-6,10-11H2,1-4H3,(H2,18,19,20);1H. The van der Waals surface area contributed by atoms with Crippen LogP contribution in [0.4, 0.5) is 0 Å². The molecule has 0 spiro atoms. The first kappa shape index (κ1) is 21.0. The summed E-state index contributed by atoms with van der Waals surface area (Å²) < 4.78 is 5.40. The molecule has 0 bridgehead atoms. The van der Waals surface area contributed by atoms with E-state index in [1.54, 1.807) is 18.4 Å². The summed E-state index contributed by atoms with van der Waals surface area (Å²) in [4.78, 5) is 5.68. The maximum absolute atomic E-state index is 5.40. The first-order chi connectivity index (χ1) is 11.2. The Hall–Kier alpha value is -1.09. The molecule has 7 heteroatoms. The monoisotopic (exact) mass is 462 g/mol. The van der Waals surface area contributed by atoms with Crippen LogP contribution >= 0.6 is 35.3 Å². The Labute approximate surface area is 165 Å². The van der Waals surface area contributed by atoms with E-state index in [1.807, 2.05) is 0 Å². The topological polar surface area (TPSA) is 62.5 Å². The molecule has 0 aliphatic rings. The first-order valence-corrected chi connectivity index (χ1v) is 9.01. The third kappa shape index (κ3) is 5.47. The highest BCUT2D eigenvalue weighted by Gasteiger charge is 2.14. The van der Waals surface area contributed by atoms with E-state index in [4.69, 9.17) is 4.52 Å². The molecule has 0 saturated carbocycles. The molecule has 24 heavy (non-hydrogen) atoms. The van der Waals surface area contributed by atoms with Crippen LogP contribution in [-0.4, -0.2) is 24.7 Å². The van der Waals surface area contributed by atoms with E-state index in [1.165, 1.54) is 4.88 Å². The van der Waals surface area contributed by atoms with Gasteiger partial charge in [-0.3, -0.25) is 4.99 Å². The van der Waals surface area contributed by atoms with E-state index in [2.05, 4.69) is 59.1 Å². The van der Waals surface area contributed by atoms with Crippen LogP contribution in [0.2, 0.25) is 0 Å². The highest BCUT2D eigenvalue weighted by atomic mass is 127. The van der Waals surface area contributed by atoms with Crippen LogP contribution in [0.15, 0.2) is 27.0 Å². The van der Waals surface area contributed by atoms with Crippen LogP contribution in [0.1, 0.15) is 48.6 Å².